The fourth-order valence-corrected chi connectivity index (χ4v) is 2.44. The van der Waals surface area contributed by atoms with Crippen molar-refractivity contribution in [2.24, 2.45) is 4.99 Å². The zero-order chi connectivity index (χ0) is 17.7. The fraction of sp³-hybridized carbons (Fsp3) is 0.125. The van der Waals surface area contributed by atoms with Crippen LogP contribution in [0.1, 0.15) is 4.88 Å². The zero-order valence-corrected chi connectivity index (χ0v) is 13.2. The maximum atomic E-state index is 12.8. The number of hydrogen-bond acceptors (Lipinski definition) is 5. The molecule has 0 radical (unpaired) electrons. The first-order valence-corrected chi connectivity index (χ1v) is 7.47. The number of alkyl halides is 3. The SMILES string of the molecule is COc1cccc(N=C/C(C(=O)C(F)(F)F)=C(\O)c2cccs2)c1. The normalized spacial score (nSPS) is 13.0. The third-order valence-corrected chi connectivity index (χ3v) is 3.78. The number of ether oxygens (including phenoxy) is 1. The van der Waals surface area contributed by atoms with Gasteiger partial charge in [-0.1, -0.05) is 12.1 Å². The van der Waals surface area contributed by atoms with Crippen LogP contribution in [0.15, 0.2) is 52.3 Å². The lowest BCUT2D eigenvalue weighted by Gasteiger charge is -2.08. The zero-order valence-electron chi connectivity index (χ0n) is 12.4. The summed E-state index contributed by atoms with van der Waals surface area (Å²) in [5.41, 5.74) is -0.645. The van der Waals surface area contributed by atoms with Gasteiger partial charge in [0.05, 0.1) is 23.2 Å². The van der Waals surface area contributed by atoms with Gasteiger partial charge in [0.2, 0.25) is 0 Å². The maximum absolute atomic E-state index is 12.8. The molecule has 1 N–H and O–H groups in total. The monoisotopic (exact) mass is 355 g/mol. The summed E-state index contributed by atoms with van der Waals surface area (Å²) in [4.78, 5) is 15.6. The van der Waals surface area contributed by atoms with Crippen LogP contribution in [-0.2, 0) is 4.79 Å². The number of thiophene rings is 1. The third-order valence-electron chi connectivity index (χ3n) is 2.91. The second kappa shape index (κ2) is 7.31. The Morgan fingerprint density at radius 1 is 1.29 bits per heavy atom. The van der Waals surface area contributed by atoms with E-state index < -0.39 is 23.3 Å². The Labute approximate surface area is 139 Å². The Morgan fingerprint density at radius 3 is 2.62 bits per heavy atom. The number of rotatable bonds is 5. The van der Waals surface area contributed by atoms with Crippen molar-refractivity contribution in [1.82, 2.24) is 0 Å². The highest BCUT2D eigenvalue weighted by Gasteiger charge is 2.41. The van der Waals surface area contributed by atoms with E-state index in [4.69, 9.17) is 4.74 Å². The molecular formula is C16H12F3NO3S. The number of aliphatic imine (C=N–C) groups is 1. The number of carbonyl (C=O) groups is 1. The first-order chi connectivity index (χ1) is 11.3. The van der Waals surface area contributed by atoms with Crippen LogP contribution in [0.3, 0.4) is 0 Å². The lowest BCUT2D eigenvalue weighted by atomic mass is 10.1. The molecule has 0 aliphatic rings. The van der Waals surface area contributed by atoms with Gasteiger partial charge in [0.15, 0.2) is 0 Å². The molecule has 0 saturated carbocycles. The van der Waals surface area contributed by atoms with E-state index in [0.29, 0.717) is 12.0 Å². The van der Waals surface area contributed by atoms with Gasteiger partial charge < -0.3 is 9.84 Å². The minimum Gasteiger partial charge on any atom is -0.506 e. The summed E-state index contributed by atoms with van der Waals surface area (Å²) >= 11 is 1.01. The minimum atomic E-state index is -5.12. The molecule has 0 unspecified atom stereocenters. The molecular weight excluding hydrogens is 343 g/mol. The molecule has 0 aliphatic heterocycles. The van der Waals surface area contributed by atoms with Gasteiger partial charge in [-0.15, -0.1) is 11.3 Å². The molecule has 0 spiro atoms. The highest BCUT2D eigenvalue weighted by atomic mass is 32.1. The average Bonchev–Trinajstić information content (AvgIpc) is 3.08. The molecule has 8 heteroatoms. The van der Waals surface area contributed by atoms with Crippen LogP contribution in [0.25, 0.3) is 5.76 Å². The average molecular weight is 355 g/mol. The Bertz CT molecular complexity index is 780. The summed E-state index contributed by atoms with van der Waals surface area (Å²) in [6, 6.07) is 9.19. The molecule has 2 rings (SSSR count). The second-order valence-corrected chi connectivity index (χ2v) is 5.47. The van der Waals surface area contributed by atoms with Crippen molar-refractivity contribution in [2.75, 3.05) is 7.11 Å². The van der Waals surface area contributed by atoms with Crippen LogP contribution in [0, 0.1) is 0 Å². The number of ketones is 1. The molecule has 0 atom stereocenters. The first-order valence-electron chi connectivity index (χ1n) is 6.59. The van der Waals surface area contributed by atoms with Crippen LogP contribution >= 0.6 is 11.3 Å². The number of Topliss-reactive ketones (excluding diaryl/α,β-unsaturated/α-hetero) is 1. The van der Waals surface area contributed by atoms with Crippen molar-refractivity contribution < 1.29 is 27.8 Å². The highest BCUT2D eigenvalue weighted by molar-refractivity contribution is 7.11. The molecule has 0 amide bonds. The quantitative estimate of drug-likeness (QED) is 0.486. The number of nitrogens with zero attached hydrogens (tertiary/aromatic N) is 1. The molecule has 2 aromatic rings. The van der Waals surface area contributed by atoms with E-state index in [9.17, 15) is 23.1 Å². The van der Waals surface area contributed by atoms with Gasteiger partial charge in [-0.2, -0.15) is 13.2 Å². The predicted molar refractivity (Wildman–Crippen MR) is 86.1 cm³/mol. The minimum absolute atomic E-state index is 0.139. The van der Waals surface area contributed by atoms with Crippen LogP contribution in [0.2, 0.25) is 0 Å². The Kier molecular flexibility index (Phi) is 5.40. The first kappa shape index (κ1) is 17.7. The summed E-state index contributed by atoms with van der Waals surface area (Å²) in [5, 5.41) is 11.6. The maximum Gasteiger partial charge on any atom is 0.455 e. The lowest BCUT2D eigenvalue weighted by molar-refractivity contribution is -0.165. The van der Waals surface area contributed by atoms with Crippen LogP contribution < -0.4 is 4.74 Å². The van der Waals surface area contributed by atoms with Crippen molar-refractivity contribution in [3.05, 3.63) is 52.2 Å². The van der Waals surface area contributed by atoms with Crippen LogP contribution in [-0.4, -0.2) is 30.4 Å². The molecule has 1 heterocycles. The smallest absolute Gasteiger partial charge is 0.455 e. The van der Waals surface area contributed by atoms with Gasteiger partial charge in [0.25, 0.3) is 5.78 Å². The van der Waals surface area contributed by atoms with Crippen molar-refractivity contribution in [3.63, 3.8) is 0 Å². The van der Waals surface area contributed by atoms with Crippen LogP contribution in [0.4, 0.5) is 18.9 Å². The van der Waals surface area contributed by atoms with Gasteiger partial charge in [0, 0.05) is 12.3 Å². The van der Waals surface area contributed by atoms with Crippen molar-refractivity contribution in [1.29, 1.82) is 0 Å². The van der Waals surface area contributed by atoms with Gasteiger partial charge in [-0.25, -0.2) is 0 Å². The van der Waals surface area contributed by atoms with E-state index in [1.54, 1.807) is 23.6 Å². The van der Waals surface area contributed by atoms with Crippen LogP contribution in [0.5, 0.6) is 5.75 Å². The lowest BCUT2D eigenvalue weighted by Crippen LogP contribution is -2.26. The number of halogens is 3. The van der Waals surface area contributed by atoms with Gasteiger partial charge in [-0.3, -0.25) is 9.79 Å². The molecule has 4 nitrogen and oxygen atoms in total. The van der Waals surface area contributed by atoms with E-state index >= 15 is 0 Å². The number of hydrogen-bond donors (Lipinski definition) is 1. The number of carbonyl (C=O) groups excluding carboxylic acids is 1. The molecule has 0 aliphatic carbocycles. The van der Waals surface area contributed by atoms with E-state index in [1.807, 2.05) is 0 Å². The molecule has 126 valence electrons. The number of allylic oxidation sites excluding steroid dienone is 1. The van der Waals surface area contributed by atoms with E-state index in [-0.39, 0.29) is 10.6 Å². The van der Waals surface area contributed by atoms with E-state index in [0.717, 1.165) is 11.3 Å². The van der Waals surface area contributed by atoms with Gasteiger partial charge in [0.1, 0.15) is 11.5 Å². The Hall–Kier alpha value is -2.61. The Balaban J connectivity index is 2.45. The predicted octanol–water partition coefficient (Wildman–Crippen LogP) is 4.56. The highest BCUT2D eigenvalue weighted by Crippen LogP contribution is 2.27. The van der Waals surface area contributed by atoms with Crippen molar-refractivity contribution in [2.45, 2.75) is 6.18 Å². The largest absolute Gasteiger partial charge is 0.506 e. The second-order valence-electron chi connectivity index (χ2n) is 4.53. The summed E-state index contributed by atoms with van der Waals surface area (Å²) in [6.07, 6.45) is -4.42. The third kappa shape index (κ3) is 4.23. The molecule has 1 aromatic carbocycles. The van der Waals surface area contributed by atoms with Crippen molar-refractivity contribution >= 4 is 34.8 Å². The molecule has 0 saturated heterocycles. The fourth-order valence-electron chi connectivity index (χ4n) is 1.76. The van der Waals surface area contributed by atoms with Gasteiger partial charge in [-0.05, 0) is 23.6 Å². The molecule has 0 fully saturated rings. The van der Waals surface area contributed by atoms with E-state index in [2.05, 4.69) is 4.99 Å². The van der Waals surface area contributed by atoms with Crippen molar-refractivity contribution in [3.8, 4) is 5.75 Å². The summed E-state index contributed by atoms with van der Waals surface area (Å²) in [7, 11) is 1.43. The molecule has 1 aromatic heterocycles. The van der Waals surface area contributed by atoms with E-state index in [1.165, 1.54) is 25.3 Å². The topological polar surface area (TPSA) is 58.9 Å². The number of benzene rings is 1. The molecule has 0 bridgehead atoms. The summed E-state index contributed by atoms with van der Waals surface area (Å²) in [5.74, 6) is -2.47. The number of methoxy groups -OCH3 is 1. The summed E-state index contributed by atoms with van der Waals surface area (Å²) in [6.45, 7) is 0. The standard InChI is InChI=1S/C16H12F3NO3S/c1-23-11-5-2-4-10(8-11)20-9-12(15(22)16(17,18)19)14(21)13-6-3-7-24-13/h2-9,21H,1H3/b14-12+,20-9?. The van der Waals surface area contributed by atoms with Gasteiger partial charge >= 0.3 is 6.18 Å². The number of aliphatic hydroxyl groups is 1. The summed E-state index contributed by atoms with van der Waals surface area (Å²) < 4.78 is 43.3. The molecule has 24 heavy (non-hydrogen) atoms. The Morgan fingerprint density at radius 2 is 2.04 bits per heavy atom. The number of aliphatic hydroxyl groups excluding tert-OH is 1.